The molecular weight excluding hydrogens is 280 g/mol. The van der Waals surface area contributed by atoms with Crippen molar-refractivity contribution in [3.63, 3.8) is 0 Å². The summed E-state index contributed by atoms with van der Waals surface area (Å²) in [5, 5.41) is 12.1. The zero-order valence-corrected chi connectivity index (χ0v) is 12.8. The first-order chi connectivity index (χ1) is 10.6. The summed E-state index contributed by atoms with van der Waals surface area (Å²) in [6, 6.07) is 8.15. The van der Waals surface area contributed by atoms with Crippen LogP contribution in [0.1, 0.15) is 49.3 Å². The van der Waals surface area contributed by atoms with Gasteiger partial charge in [0.05, 0.1) is 12.0 Å². The van der Waals surface area contributed by atoms with E-state index in [1.807, 2.05) is 12.1 Å². The van der Waals surface area contributed by atoms with E-state index in [1.54, 1.807) is 4.90 Å². The molecule has 3 rings (SSSR count). The summed E-state index contributed by atoms with van der Waals surface area (Å²) in [5.74, 6) is -0.718. The number of nitrogens with one attached hydrogen (secondary N) is 1. The first kappa shape index (κ1) is 14.9. The maximum absolute atomic E-state index is 12.4. The Balaban J connectivity index is 1.68. The molecule has 2 N–H and O–H groups in total. The average molecular weight is 302 g/mol. The Labute approximate surface area is 130 Å². The minimum absolute atomic E-state index is 0.0313. The Bertz CT molecular complexity index is 587. The molecule has 1 aromatic rings. The highest BCUT2D eigenvalue weighted by Gasteiger charge is 2.33. The van der Waals surface area contributed by atoms with Gasteiger partial charge in [0, 0.05) is 13.1 Å². The lowest BCUT2D eigenvalue weighted by molar-refractivity contribution is -0.141. The lowest BCUT2D eigenvalue weighted by atomic mass is 9.81. The summed E-state index contributed by atoms with van der Waals surface area (Å²) in [4.78, 5) is 25.0. The number of benzene rings is 1. The summed E-state index contributed by atoms with van der Waals surface area (Å²) in [5.41, 5.74) is 2.51. The fourth-order valence-electron chi connectivity index (χ4n) is 3.54. The molecule has 0 aromatic heterocycles. The molecule has 2 amide bonds. The Morgan fingerprint density at radius 2 is 1.91 bits per heavy atom. The van der Waals surface area contributed by atoms with Crippen molar-refractivity contribution >= 4 is 12.0 Å². The molecule has 0 saturated carbocycles. The van der Waals surface area contributed by atoms with Crippen LogP contribution in [0.2, 0.25) is 0 Å². The number of carbonyl (C=O) groups is 2. The lowest BCUT2D eigenvalue weighted by Crippen LogP contribution is -2.41. The standard InChI is InChI=1S/C17H22N2O3/c1-11-6-7-15(14-5-3-2-4-13(11)14)18-17(22)19-9-8-12(10-19)16(20)21/h2-5,11-12,15H,6-10H2,1H3,(H,18,22)(H,20,21). The van der Waals surface area contributed by atoms with Gasteiger partial charge in [-0.15, -0.1) is 0 Å². The van der Waals surface area contributed by atoms with E-state index in [4.69, 9.17) is 5.11 Å². The molecule has 1 fully saturated rings. The van der Waals surface area contributed by atoms with Crippen molar-refractivity contribution in [3.05, 3.63) is 35.4 Å². The smallest absolute Gasteiger partial charge is 0.317 e. The van der Waals surface area contributed by atoms with Gasteiger partial charge in [-0.3, -0.25) is 4.79 Å². The summed E-state index contributed by atoms with van der Waals surface area (Å²) in [6.45, 7) is 3.05. The summed E-state index contributed by atoms with van der Waals surface area (Å²) < 4.78 is 0. The van der Waals surface area contributed by atoms with Crippen LogP contribution < -0.4 is 5.32 Å². The third-order valence-electron chi connectivity index (χ3n) is 4.91. The molecule has 3 atom stereocenters. The molecule has 118 valence electrons. The van der Waals surface area contributed by atoms with E-state index in [2.05, 4.69) is 24.4 Å². The maximum atomic E-state index is 12.4. The Hall–Kier alpha value is -2.04. The molecule has 0 spiro atoms. The number of aliphatic carboxylic acids is 1. The second-order valence-electron chi connectivity index (χ2n) is 6.38. The van der Waals surface area contributed by atoms with Crippen LogP contribution >= 0.6 is 0 Å². The minimum Gasteiger partial charge on any atom is -0.481 e. The molecule has 0 bridgehead atoms. The van der Waals surface area contributed by atoms with Gasteiger partial charge >= 0.3 is 12.0 Å². The summed E-state index contributed by atoms with van der Waals surface area (Å²) in [6.07, 6.45) is 2.53. The fraction of sp³-hybridized carbons (Fsp3) is 0.529. The van der Waals surface area contributed by atoms with Crippen molar-refractivity contribution in [1.29, 1.82) is 0 Å². The van der Waals surface area contributed by atoms with E-state index < -0.39 is 11.9 Å². The van der Waals surface area contributed by atoms with Crippen LogP contribution in [-0.4, -0.2) is 35.1 Å². The molecule has 22 heavy (non-hydrogen) atoms. The Kier molecular flexibility index (Phi) is 4.05. The van der Waals surface area contributed by atoms with Crippen LogP contribution in [0.15, 0.2) is 24.3 Å². The normalized spacial score (nSPS) is 27.3. The lowest BCUT2D eigenvalue weighted by Gasteiger charge is -2.31. The molecule has 2 aliphatic rings. The molecule has 1 saturated heterocycles. The quantitative estimate of drug-likeness (QED) is 0.882. The number of amides is 2. The van der Waals surface area contributed by atoms with Crippen LogP contribution in [0, 0.1) is 5.92 Å². The van der Waals surface area contributed by atoms with Gasteiger partial charge in [-0.05, 0) is 36.3 Å². The van der Waals surface area contributed by atoms with Crippen molar-refractivity contribution in [3.8, 4) is 0 Å². The SMILES string of the molecule is CC1CCC(NC(=O)N2CCC(C(=O)O)C2)c2ccccc21. The van der Waals surface area contributed by atoms with Crippen LogP contribution in [-0.2, 0) is 4.79 Å². The van der Waals surface area contributed by atoms with E-state index in [0.717, 1.165) is 12.8 Å². The minimum atomic E-state index is -0.813. The maximum Gasteiger partial charge on any atom is 0.317 e. The third-order valence-corrected chi connectivity index (χ3v) is 4.91. The number of carboxylic acid groups (broad SMARTS) is 1. The van der Waals surface area contributed by atoms with Gasteiger partial charge in [0.25, 0.3) is 0 Å². The number of fused-ring (bicyclic) bond motifs is 1. The first-order valence-corrected chi connectivity index (χ1v) is 7.93. The number of rotatable bonds is 2. The van der Waals surface area contributed by atoms with Gasteiger partial charge in [0.2, 0.25) is 0 Å². The zero-order chi connectivity index (χ0) is 15.7. The van der Waals surface area contributed by atoms with Crippen molar-refractivity contribution in [1.82, 2.24) is 10.2 Å². The van der Waals surface area contributed by atoms with E-state index in [1.165, 1.54) is 11.1 Å². The second-order valence-corrected chi connectivity index (χ2v) is 6.38. The number of hydrogen-bond acceptors (Lipinski definition) is 2. The number of nitrogens with zero attached hydrogens (tertiary/aromatic N) is 1. The number of hydrogen-bond donors (Lipinski definition) is 2. The molecule has 0 radical (unpaired) electrons. The monoisotopic (exact) mass is 302 g/mol. The first-order valence-electron chi connectivity index (χ1n) is 7.93. The van der Waals surface area contributed by atoms with Crippen molar-refractivity contribution in [2.75, 3.05) is 13.1 Å². The fourth-order valence-corrected chi connectivity index (χ4v) is 3.54. The summed E-state index contributed by atoms with van der Waals surface area (Å²) >= 11 is 0. The average Bonchev–Trinajstić information content (AvgIpc) is 3.01. The van der Waals surface area contributed by atoms with Gasteiger partial charge in [0.1, 0.15) is 0 Å². The predicted octanol–water partition coefficient (Wildman–Crippen LogP) is 2.74. The van der Waals surface area contributed by atoms with Crippen molar-refractivity contribution in [2.45, 2.75) is 38.1 Å². The number of urea groups is 1. The van der Waals surface area contributed by atoms with Gasteiger partial charge in [0.15, 0.2) is 0 Å². The zero-order valence-electron chi connectivity index (χ0n) is 12.8. The van der Waals surface area contributed by atoms with E-state index in [0.29, 0.717) is 25.4 Å². The largest absolute Gasteiger partial charge is 0.481 e. The molecule has 1 aromatic carbocycles. The molecule has 3 unspecified atom stereocenters. The number of likely N-dealkylation sites (tertiary alicyclic amines) is 1. The molecule has 5 nitrogen and oxygen atoms in total. The van der Waals surface area contributed by atoms with Crippen molar-refractivity contribution < 1.29 is 14.7 Å². The summed E-state index contributed by atoms with van der Waals surface area (Å²) in [7, 11) is 0. The van der Waals surface area contributed by atoms with Gasteiger partial charge in [-0.25, -0.2) is 4.79 Å². The van der Waals surface area contributed by atoms with E-state index in [-0.39, 0.29) is 12.1 Å². The van der Waals surface area contributed by atoms with Crippen LogP contribution in [0.25, 0.3) is 0 Å². The Morgan fingerprint density at radius 3 is 2.59 bits per heavy atom. The number of carbonyl (C=O) groups excluding carboxylic acids is 1. The van der Waals surface area contributed by atoms with Crippen LogP contribution in [0.3, 0.4) is 0 Å². The highest BCUT2D eigenvalue weighted by Crippen LogP contribution is 2.37. The highest BCUT2D eigenvalue weighted by molar-refractivity contribution is 5.77. The van der Waals surface area contributed by atoms with Crippen LogP contribution in [0.4, 0.5) is 4.79 Å². The molecule has 1 aliphatic carbocycles. The van der Waals surface area contributed by atoms with Crippen molar-refractivity contribution in [2.24, 2.45) is 5.92 Å². The van der Waals surface area contributed by atoms with E-state index >= 15 is 0 Å². The van der Waals surface area contributed by atoms with Crippen LogP contribution in [0.5, 0.6) is 0 Å². The Morgan fingerprint density at radius 1 is 1.18 bits per heavy atom. The van der Waals surface area contributed by atoms with Gasteiger partial charge in [-0.2, -0.15) is 0 Å². The second kappa shape index (κ2) is 5.99. The molecular formula is C17H22N2O3. The molecule has 1 heterocycles. The molecule has 1 aliphatic heterocycles. The van der Waals surface area contributed by atoms with Gasteiger partial charge < -0.3 is 15.3 Å². The topological polar surface area (TPSA) is 69.6 Å². The highest BCUT2D eigenvalue weighted by atomic mass is 16.4. The number of carboxylic acids is 1. The van der Waals surface area contributed by atoms with Gasteiger partial charge in [-0.1, -0.05) is 31.2 Å². The predicted molar refractivity (Wildman–Crippen MR) is 82.7 cm³/mol. The van der Waals surface area contributed by atoms with E-state index in [9.17, 15) is 9.59 Å². The molecule has 5 heteroatoms. The third kappa shape index (κ3) is 2.80.